The predicted molar refractivity (Wildman–Crippen MR) is 70.4 cm³/mol. The first-order chi connectivity index (χ1) is 9.31. The van der Waals surface area contributed by atoms with Gasteiger partial charge < -0.3 is 10.0 Å². The molecule has 1 aromatic carbocycles. The number of aliphatic carboxylic acids is 1. The van der Waals surface area contributed by atoms with Crippen LogP contribution in [0.2, 0.25) is 0 Å². The van der Waals surface area contributed by atoms with Gasteiger partial charge >= 0.3 is 5.97 Å². The third kappa shape index (κ3) is 4.60. The van der Waals surface area contributed by atoms with Crippen LogP contribution in [0.15, 0.2) is 18.2 Å². The highest BCUT2D eigenvalue weighted by atomic mass is 19.1. The minimum atomic E-state index is -1.11. The van der Waals surface area contributed by atoms with Crippen molar-refractivity contribution < 1.29 is 23.5 Å². The largest absolute Gasteiger partial charge is 0.481 e. The van der Waals surface area contributed by atoms with Crippen LogP contribution in [0.4, 0.5) is 14.5 Å². The molecule has 110 valence electrons. The summed E-state index contributed by atoms with van der Waals surface area (Å²) in [7, 11) is 0. The molecule has 0 atom stereocenters. The summed E-state index contributed by atoms with van der Waals surface area (Å²) < 4.78 is 26.9. The summed E-state index contributed by atoms with van der Waals surface area (Å²) in [6, 6.07) is 2.76. The minimum absolute atomic E-state index is 0.0337. The number of carbonyl (C=O) groups is 2. The van der Waals surface area contributed by atoms with Crippen molar-refractivity contribution in [2.24, 2.45) is 5.92 Å². The number of hydrogen-bond donors (Lipinski definition) is 1. The van der Waals surface area contributed by atoms with Crippen LogP contribution in [0.1, 0.15) is 26.7 Å². The number of hydrogen-bond acceptors (Lipinski definition) is 2. The van der Waals surface area contributed by atoms with Gasteiger partial charge in [-0.1, -0.05) is 13.8 Å². The number of nitrogens with zero attached hydrogens (tertiary/aromatic N) is 1. The Balaban J connectivity index is 3.05. The normalized spacial score (nSPS) is 10.7. The van der Waals surface area contributed by atoms with Crippen molar-refractivity contribution in [3.05, 3.63) is 29.8 Å². The van der Waals surface area contributed by atoms with E-state index in [1.54, 1.807) is 0 Å². The summed E-state index contributed by atoms with van der Waals surface area (Å²) in [6.45, 7) is 3.44. The van der Waals surface area contributed by atoms with Crippen LogP contribution in [-0.4, -0.2) is 23.5 Å². The molecule has 0 saturated heterocycles. The molecule has 0 saturated carbocycles. The Hall–Kier alpha value is -1.98. The van der Waals surface area contributed by atoms with Crippen LogP contribution in [0.3, 0.4) is 0 Å². The van der Waals surface area contributed by atoms with Crippen molar-refractivity contribution in [1.82, 2.24) is 0 Å². The highest BCUT2D eigenvalue weighted by Crippen LogP contribution is 2.22. The van der Waals surface area contributed by atoms with E-state index in [4.69, 9.17) is 5.11 Å². The SMILES string of the molecule is CC(C)CC(=O)N(CCC(=O)O)c1cc(F)ccc1F. The van der Waals surface area contributed by atoms with E-state index in [0.717, 1.165) is 23.1 Å². The number of rotatable bonds is 6. The highest BCUT2D eigenvalue weighted by Gasteiger charge is 2.21. The molecule has 6 heteroatoms. The smallest absolute Gasteiger partial charge is 0.305 e. The lowest BCUT2D eigenvalue weighted by Gasteiger charge is -2.23. The van der Waals surface area contributed by atoms with E-state index in [2.05, 4.69) is 0 Å². The maximum absolute atomic E-state index is 13.7. The van der Waals surface area contributed by atoms with E-state index < -0.39 is 23.5 Å². The molecular formula is C14H17F2NO3. The Morgan fingerprint density at radius 2 is 1.95 bits per heavy atom. The summed E-state index contributed by atoms with van der Waals surface area (Å²) in [4.78, 5) is 23.7. The monoisotopic (exact) mass is 285 g/mol. The Labute approximate surface area is 116 Å². The lowest BCUT2D eigenvalue weighted by molar-refractivity contribution is -0.136. The first kappa shape index (κ1) is 16.1. The van der Waals surface area contributed by atoms with Gasteiger partial charge in [0.05, 0.1) is 12.1 Å². The van der Waals surface area contributed by atoms with Crippen LogP contribution in [-0.2, 0) is 9.59 Å². The molecule has 0 radical (unpaired) electrons. The molecule has 0 heterocycles. The Morgan fingerprint density at radius 1 is 1.30 bits per heavy atom. The average molecular weight is 285 g/mol. The third-order valence-corrected chi connectivity index (χ3v) is 2.63. The zero-order valence-corrected chi connectivity index (χ0v) is 11.4. The fourth-order valence-corrected chi connectivity index (χ4v) is 1.74. The number of benzene rings is 1. The first-order valence-corrected chi connectivity index (χ1v) is 6.28. The molecule has 0 aromatic heterocycles. The van der Waals surface area contributed by atoms with E-state index in [9.17, 15) is 18.4 Å². The van der Waals surface area contributed by atoms with Crippen LogP contribution in [0.5, 0.6) is 0 Å². The molecule has 0 unspecified atom stereocenters. The molecule has 4 nitrogen and oxygen atoms in total. The van der Waals surface area contributed by atoms with Gasteiger partial charge in [-0.05, 0) is 18.1 Å². The van der Waals surface area contributed by atoms with Gasteiger partial charge in [0.2, 0.25) is 5.91 Å². The fourth-order valence-electron chi connectivity index (χ4n) is 1.74. The summed E-state index contributed by atoms with van der Waals surface area (Å²) in [5.74, 6) is -2.94. The van der Waals surface area contributed by atoms with Gasteiger partial charge in [-0.2, -0.15) is 0 Å². The topological polar surface area (TPSA) is 57.6 Å². The van der Waals surface area contributed by atoms with E-state index >= 15 is 0 Å². The lowest BCUT2D eigenvalue weighted by Crippen LogP contribution is -2.34. The molecule has 1 aromatic rings. The predicted octanol–water partition coefficient (Wildman–Crippen LogP) is 2.82. The summed E-state index contributed by atoms with van der Waals surface area (Å²) >= 11 is 0. The second-order valence-electron chi connectivity index (χ2n) is 4.88. The van der Waals surface area contributed by atoms with Gasteiger partial charge in [0, 0.05) is 19.0 Å². The maximum atomic E-state index is 13.7. The van der Waals surface area contributed by atoms with Crippen molar-refractivity contribution in [3.63, 3.8) is 0 Å². The van der Waals surface area contributed by atoms with Gasteiger partial charge in [0.25, 0.3) is 0 Å². The minimum Gasteiger partial charge on any atom is -0.481 e. The average Bonchev–Trinajstić information content (AvgIpc) is 2.32. The summed E-state index contributed by atoms with van der Waals surface area (Å²) in [6.07, 6.45) is -0.199. The molecule has 0 aliphatic heterocycles. The van der Waals surface area contributed by atoms with E-state index in [1.165, 1.54) is 0 Å². The molecule has 1 amide bonds. The summed E-state index contributed by atoms with van der Waals surface area (Å²) in [5, 5.41) is 8.69. The number of carbonyl (C=O) groups excluding carboxylic acids is 1. The van der Waals surface area contributed by atoms with E-state index in [1.807, 2.05) is 13.8 Å². The standard InChI is InChI=1S/C14H17F2NO3/c1-9(2)7-13(18)17(6-5-14(19)20)12-8-10(15)3-4-11(12)16/h3-4,8-9H,5-7H2,1-2H3,(H,19,20). The molecule has 0 aliphatic carbocycles. The number of carboxylic acids is 1. The van der Waals surface area contributed by atoms with Gasteiger partial charge in [-0.3, -0.25) is 9.59 Å². The van der Waals surface area contributed by atoms with Crippen LogP contribution >= 0.6 is 0 Å². The Morgan fingerprint density at radius 3 is 2.50 bits per heavy atom. The molecule has 1 rings (SSSR count). The quantitative estimate of drug-likeness (QED) is 0.874. The molecule has 0 spiro atoms. The lowest BCUT2D eigenvalue weighted by atomic mass is 10.1. The van der Waals surface area contributed by atoms with Crippen LogP contribution in [0, 0.1) is 17.6 Å². The zero-order chi connectivity index (χ0) is 15.3. The van der Waals surface area contributed by atoms with Crippen molar-refractivity contribution in [3.8, 4) is 0 Å². The van der Waals surface area contributed by atoms with Crippen molar-refractivity contribution in [1.29, 1.82) is 0 Å². The van der Waals surface area contributed by atoms with Crippen LogP contribution < -0.4 is 4.90 Å². The molecule has 0 bridgehead atoms. The van der Waals surface area contributed by atoms with Gasteiger partial charge in [-0.15, -0.1) is 0 Å². The number of anilines is 1. The van der Waals surface area contributed by atoms with Gasteiger partial charge in [0.15, 0.2) is 0 Å². The molecule has 0 aliphatic rings. The van der Waals surface area contributed by atoms with E-state index in [-0.39, 0.29) is 31.0 Å². The highest BCUT2D eigenvalue weighted by molar-refractivity contribution is 5.94. The zero-order valence-electron chi connectivity index (χ0n) is 11.4. The fraction of sp³-hybridized carbons (Fsp3) is 0.429. The molecule has 0 fully saturated rings. The maximum Gasteiger partial charge on any atom is 0.305 e. The first-order valence-electron chi connectivity index (χ1n) is 6.28. The number of amides is 1. The summed E-state index contributed by atoms with van der Waals surface area (Å²) in [5.41, 5.74) is -0.225. The van der Waals surface area contributed by atoms with E-state index in [0.29, 0.717) is 0 Å². The molecular weight excluding hydrogens is 268 g/mol. The van der Waals surface area contributed by atoms with Crippen molar-refractivity contribution >= 4 is 17.6 Å². The molecule has 20 heavy (non-hydrogen) atoms. The van der Waals surface area contributed by atoms with Gasteiger partial charge in [0.1, 0.15) is 11.6 Å². The second kappa shape index (κ2) is 6.98. The third-order valence-electron chi connectivity index (χ3n) is 2.63. The van der Waals surface area contributed by atoms with Crippen molar-refractivity contribution in [2.75, 3.05) is 11.4 Å². The second-order valence-corrected chi connectivity index (χ2v) is 4.88. The van der Waals surface area contributed by atoms with Crippen molar-refractivity contribution in [2.45, 2.75) is 26.7 Å². The van der Waals surface area contributed by atoms with Gasteiger partial charge in [-0.25, -0.2) is 8.78 Å². The molecule has 1 N–H and O–H groups in total. The van der Waals surface area contributed by atoms with Crippen LogP contribution in [0.25, 0.3) is 0 Å². The number of halogens is 2. The number of carboxylic acid groups (broad SMARTS) is 1. The Bertz CT molecular complexity index is 503. The Kier molecular flexibility index (Phi) is 5.61.